The van der Waals surface area contributed by atoms with Crippen LogP contribution in [-0.2, 0) is 20.7 Å². The number of aryl methyl sites for hydroxylation is 1. The van der Waals surface area contributed by atoms with Crippen molar-refractivity contribution in [2.24, 2.45) is 0 Å². The number of nitrogens with zero attached hydrogens (tertiary/aromatic N) is 1. The molecule has 0 bridgehead atoms. The molecule has 1 aromatic carbocycles. The summed E-state index contributed by atoms with van der Waals surface area (Å²) in [4.78, 5) is 25.6. The summed E-state index contributed by atoms with van der Waals surface area (Å²) in [5.74, 6) is 0.151. The van der Waals surface area contributed by atoms with Gasteiger partial charge < -0.3 is 20.3 Å². The summed E-state index contributed by atoms with van der Waals surface area (Å²) in [5.41, 5.74) is 2.88. The van der Waals surface area contributed by atoms with Crippen LogP contribution < -0.4 is 10.6 Å². The molecular formula is C16H21N3O3. The third kappa shape index (κ3) is 3.22. The molecule has 2 amide bonds. The van der Waals surface area contributed by atoms with E-state index in [9.17, 15) is 9.59 Å². The van der Waals surface area contributed by atoms with Crippen LogP contribution in [0.2, 0.25) is 0 Å². The maximum Gasteiger partial charge on any atom is 0.244 e. The van der Waals surface area contributed by atoms with Gasteiger partial charge in [0.1, 0.15) is 6.04 Å². The van der Waals surface area contributed by atoms with Gasteiger partial charge >= 0.3 is 0 Å². The lowest BCUT2D eigenvalue weighted by Gasteiger charge is -2.30. The average Bonchev–Trinajstić information content (AvgIpc) is 2.55. The summed E-state index contributed by atoms with van der Waals surface area (Å²) < 4.78 is 5.27. The highest BCUT2D eigenvalue weighted by atomic mass is 16.5. The largest absolute Gasteiger partial charge is 0.378 e. The molecule has 118 valence electrons. The number of rotatable bonds is 3. The number of anilines is 2. The summed E-state index contributed by atoms with van der Waals surface area (Å²) in [6.45, 7) is 4.40. The smallest absolute Gasteiger partial charge is 0.244 e. The highest BCUT2D eigenvalue weighted by molar-refractivity contribution is 5.94. The van der Waals surface area contributed by atoms with E-state index < -0.39 is 0 Å². The van der Waals surface area contributed by atoms with Crippen molar-refractivity contribution >= 4 is 23.2 Å². The number of amides is 2. The molecule has 22 heavy (non-hydrogen) atoms. The number of nitrogens with one attached hydrogen (secondary N) is 2. The summed E-state index contributed by atoms with van der Waals surface area (Å²) >= 11 is 0. The van der Waals surface area contributed by atoms with Crippen LogP contribution in [0.25, 0.3) is 0 Å². The van der Waals surface area contributed by atoms with E-state index in [-0.39, 0.29) is 17.9 Å². The highest BCUT2D eigenvalue weighted by Crippen LogP contribution is 2.26. The Bertz CT molecular complexity index is 582. The van der Waals surface area contributed by atoms with Gasteiger partial charge in [0.2, 0.25) is 11.8 Å². The summed E-state index contributed by atoms with van der Waals surface area (Å²) in [6, 6.07) is 5.51. The molecule has 0 spiro atoms. The highest BCUT2D eigenvalue weighted by Gasteiger charge is 2.22. The number of carbonyl (C=O) groups is 2. The zero-order valence-electron chi connectivity index (χ0n) is 12.7. The van der Waals surface area contributed by atoms with Crippen molar-refractivity contribution in [3.63, 3.8) is 0 Å². The van der Waals surface area contributed by atoms with Crippen LogP contribution in [0, 0.1) is 0 Å². The monoisotopic (exact) mass is 303 g/mol. The number of benzene rings is 1. The Hall–Kier alpha value is -2.08. The fourth-order valence-corrected chi connectivity index (χ4v) is 2.84. The third-order valence-corrected chi connectivity index (χ3v) is 4.08. The normalized spacial score (nSPS) is 19.1. The second kappa shape index (κ2) is 6.36. The van der Waals surface area contributed by atoms with Crippen LogP contribution in [0.15, 0.2) is 18.2 Å². The molecule has 0 aromatic heterocycles. The fraction of sp³-hybridized carbons (Fsp3) is 0.500. The van der Waals surface area contributed by atoms with Crippen LogP contribution in [0.3, 0.4) is 0 Å². The van der Waals surface area contributed by atoms with Crippen LogP contribution in [0.1, 0.15) is 18.9 Å². The van der Waals surface area contributed by atoms with Gasteiger partial charge in [-0.1, -0.05) is 0 Å². The maximum atomic E-state index is 12.4. The van der Waals surface area contributed by atoms with Crippen LogP contribution in [0.4, 0.5) is 11.4 Å². The van der Waals surface area contributed by atoms with Crippen molar-refractivity contribution in [2.75, 3.05) is 36.9 Å². The Morgan fingerprint density at radius 2 is 2.09 bits per heavy atom. The Labute approximate surface area is 129 Å². The molecule has 0 saturated carbocycles. The second-order valence-electron chi connectivity index (χ2n) is 5.72. The number of carbonyl (C=O) groups excluding carboxylic acids is 2. The number of ether oxygens (including phenoxy) is 1. The molecule has 2 aliphatic heterocycles. The van der Waals surface area contributed by atoms with Gasteiger partial charge in [-0.25, -0.2) is 0 Å². The molecule has 0 radical (unpaired) electrons. The molecule has 6 heteroatoms. The van der Waals surface area contributed by atoms with E-state index in [1.54, 1.807) is 0 Å². The number of morpholine rings is 1. The average molecular weight is 303 g/mol. The molecule has 3 rings (SSSR count). The van der Waals surface area contributed by atoms with E-state index in [2.05, 4.69) is 10.6 Å². The van der Waals surface area contributed by atoms with Crippen molar-refractivity contribution in [3.8, 4) is 0 Å². The first kappa shape index (κ1) is 14.8. The number of fused-ring (bicyclic) bond motifs is 1. The van der Waals surface area contributed by atoms with Gasteiger partial charge in [-0.05, 0) is 37.1 Å². The summed E-state index contributed by atoms with van der Waals surface area (Å²) in [6.07, 6.45) is 1.25. The first-order valence-corrected chi connectivity index (χ1v) is 7.69. The molecule has 2 N–H and O–H groups in total. The standard InChI is InChI=1S/C16H21N3O3/c1-11(16(21)19-6-8-22-9-7-19)17-13-3-4-14-12(10-13)2-5-15(20)18-14/h3-4,10-11,17H,2,5-9H2,1H3,(H,18,20)/t11-/m1/s1. The molecule has 0 unspecified atom stereocenters. The summed E-state index contributed by atoms with van der Waals surface area (Å²) in [7, 11) is 0. The van der Waals surface area contributed by atoms with Crippen molar-refractivity contribution in [3.05, 3.63) is 23.8 Å². The SMILES string of the molecule is C[C@@H](Nc1ccc2c(c1)CCC(=O)N2)C(=O)N1CCOCC1. The van der Waals surface area contributed by atoms with Gasteiger partial charge in [0, 0.05) is 30.9 Å². The van der Waals surface area contributed by atoms with E-state index >= 15 is 0 Å². The minimum Gasteiger partial charge on any atom is -0.378 e. The number of hydrogen-bond donors (Lipinski definition) is 2. The Kier molecular flexibility index (Phi) is 4.29. The Morgan fingerprint density at radius 3 is 2.86 bits per heavy atom. The van der Waals surface area contributed by atoms with Crippen molar-refractivity contribution in [1.29, 1.82) is 0 Å². The molecular weight excluding hydrogens is 282 g/mol. The molecule has 2 aliphatic rings. The van der Waals surface area contributed by atoms with Gasteiger partial charge in [0.15, 0.2) is 0 Å². The van der Waals surface area contributed by atoms with Crippen molar-refractivity contribution in [1.82, 2.24) is 4.90 Å². The molecule has 2 heterocycles. The molecule has 6 nitrogen and oxygen atoms in total. The van der Waals surface area contributed by atoms with Crippen LogP contribution in [0.5, 0.6) is 0 Å². The first-order valence-electron chi connectivity index (χ1n) is 7.69. The minimum absolute atomic E-state index is 0.0593. The third-order valence-electron chi connectivity index (χ3n) is 4.08. The molecule has 1 fully saturated rings. The number of hydrogen-bond acceptors (Lipinski definition) is 4. The topological polar surface area (TPSA) is 70.7 Å². The maximum absolute atomic E-state index is 12.4. The first-order chi connectivity index (χ1) is 10.6. The predicted octanol–water partition coefficient (Wildman–Crippen LogP) is 1.23. The minimum atomic E-state index is -0.283. The van der Waals surface area contributed by atoms with Crippen LogP contribution in [-0.4, -0.2) is 49.1 Å². The molecule has 1 aromatic rings. The van der Waals surface area contributed by atoms with Gasteiger partial charge in [-0.3, -0.25) is 9.59 Å². The van der Waals surface area contributed by atoms with Gasteiger partial charge in [0.05, 0.1) is 13.2 Å². The van der Waals surface area contributed by atoms with Crippen molar-refractivity contribution < 1.29 is 14.3 Å². The van der Waals surface area contributed by atoms with E-state index in [1.807, 2.05) is 30.0 Å². The zero-order valence-corrected chi connectivity index (χ0v) is 12.7. The van der Waals surface area contributed by atoms with Gasteiger partial charge in [-0.15, -0.1) is 0 Å². The van der Waals surface area contributed by atoms with Crippen molar-refractivity contribution in [2.45, 2.75) is 25.8 Å². The zero-order chi connectivity index (χ0) is 15.5. The van der Waals surface area contributed by atoms with E-state index in [4.69, 9.17) is 4.74 Å². The quantitative estimate of drug-likeness (QED) is 0.881. The van der Waals surface area contributed by atoms with E-state index in [1.165, 1.54) is 0 Å². The summed E-state index contributed by atoms with van der Waals surface area (Å²) in [5, 5.41) is 6.11. The van der Waals surface area contributed by atoms with Crippen LogP contribution >= 0.6 is 0 Å². The predicted molar refractivity (Wildman–Crippen MR) is 83.9 cm³/mol. The lowest BCUT2D eigenvalue weighted by atomic mass is 10.0. The molecule has 0 aliphatic carbocycles. The molecule has 1 atom stereocenters. The van der Waals surface area contributed by atoms with Gasteiger partial charge in [0.25, 0.3) is 0 Å². The fourth-order valence-electron chi connectivity index (χ4n) is 2.84. The Morgan fingerprint density at radius 1 is 1.32 bits per heavy atom. The lowest BCUT2D eigenvalue weighted by molar-refractivity contribution is -0.135. The van der Waals surface area contributed by atoms with E-state index in [0.29, 0.717) is 32.7 Å². The van der Waals surface area contributed by atoms with E-state index in [0.717, 1.165) is 23.4 Å². The van der Waals surface area contributed by atoms with Gasteiger partial charge in [-0.2, -0.15) is 0 Å². The lowest BCUT2D eigenvalue weighted by Crippen LogP contribution is -2.47. The Balaban J connectivity index is 1.65. The second-order valence-corrected chi connectivity index (χ2v) is 5.72. The molecule has 1 saturated heterocycles.